The second-order valence-corrected chi connectivity index (χ2v) is 8.60. The molecule has 6 nitrogen and oxygen atoms in total. The second kappa shape index (κ2) is 8.41. The molecule has 0 unspecified atom stereocenters. The first kappa shape index (κ1) is 19.7. The van der Waals surface area contributed by atoms with Gasteiger partial charge in [-0.15, -0.1) is 0 Å². The third-order valence-corrected chi connectivity index (χ3v) is 5.57. The van der Waals surface area contributed by atoms with Crippen LogP contribution in [0.15, 0.2) is 36.8 Å². The second-order valence-electron chi connectivity index (χ2n) is 8.60. The third kappa shape index (κ3) is 4.70. The summed E-state index contributed by atoms with van der Waals surface area (Å²) in [6.45, 7) is 7.53. The van der Waals surface area contributed by atoms with Crippen LogP contribution in [0.3, 0.4) is 0 Å². The fraction of sp³-hybridized carbons (Fsp3) is 0.478. The number of carbonyl (C=O) groups excluding carboxylic acids is 1. The predicted octanol–water partition coefficient (Wildman–Crippen LogP) is 3.51. The standard InChI is InChI=1S/C23H29N5O/c1-16(2)13-28-8-4-5-18(15-28)23(29)10-20-9-22-17(11-24-20)6-7-21(26-22)19-12-25-27(3)14-19/h6-7,9,11-12,14,16,18H,4-5,8,10,13,15H2,1-3H3/t18-/m0/s1. The fourth-order valence-electron chi connectivity index (χ4n) is 4.19. The molecule has 0 radical (unpaired) electrons. The lowest BCUT2D eigenvalue weighted by Gasteiger charge is -2.33. The zero-order valence-corrected chi connectivity index (χ0v) is 17.5. The smallest absolute Gasteiger partial charge is 0.143 e. The van der Waals surface area contributed by atoms with Crippen LogP contribution >= 0.6 is 0 Å². The molecule has 1 fully saturated rings. The van der Waals surface area contributed by atoms with Crippen molar-refractivity contribution in [3.63, 3.8) is 0 Å². The lowest BCUT2D eigenvalue weighted by atomic mass is 9.91. The van der Waals surface area contributed by atoms with Gasteiger partial charge in [-0.3, -0.25) is 14.5 Å². The van der Waals surface area contributed by atoms with E-state index in [-0.39, 0.29) is 5.92 Å². The highest BCUT2D eigenvalue weighted by Crippen LogP contribution is 2.23. The summed E-state index contributed by atoms with van der Waals surface area (Å²) in [6.07, 6.45) is 8.06. The van der Waals surface area contributed by atoms with Gasteiger partial charge >= 0.3 is 0 Å². The number of rotatable bonds is 6. The Morgan fingerprint density at radius 1 is 1.28 bits per heavy atom. The van der Waals surface area contributed by atoms with Crippen molar-refractivity contribution in [1.82, 2.24) is 24.6 Å². The molecule has 1 aliphatic heterocycles. The van der Waals surface area contributed by atoms with Gasteiger partial charge in [-0.25, -0.2) is 4.98 Å². The predicted molar refractivity (Wildman–Crippen MR) is 114 cm³/mol. The first-order chi connectivity index (χ1) is 14.0. The average Bonchev–Trinajstić information content (AvgIpc) is 3.13. The van der Waals surface area contributed by atoms with Gasteiger partial charge in [0.15, 0.2) is 0 Å². The quantitative estimate of drug-likeness (QED) is 0.643. The molecule has 6 heteroatoms. The Morgan fingerprint density at radius 2 is 2.14 bits per heavy atom. The molecule has 29 heavy (non-hydrogen) atoms. The third-order valence-electron chi connectivity index (χ3n) is 5.57. The molecule has 0 spiro atoms. The summed E-state index contributed by atoms with van der Waals surface area (Å²) >= 11 is 0. The number of pyridine rings is 2. The van der Waals surface area contributed by atoms with Gasteiger partial charge < -0.3 is 4.90 Å². The van der Waals surface area contributed by atoms with Crippen LogP contribution in [0.2, 0.25) is 0 Å². The van der Waals surface area contributed by atoms with Gasteiger partial charge in [0.25, 0.3) is 0 Å². The van der Waals surface area contributed by atoms with Crippen molar-refractivity contribution < 1.29 is 4.79 Å². The van der Waals surface area contributed by atoms with Crippen LogP contribution < -0.4 is 0 Å². The molecule has 4 rings (SSSR count). The molecule has 0 amide bonds. The fourth-order valence-corrected chi connectivity index (χ4v) is 4.19. The molecule has 3 aromatic rings. The van der Waals surface area contributed by atoms with E-state index in [2.05, 4.69) is 28.8 Å². The number of fused-ring (bicyclic) bond motifs is 1. The van der Waals surface area contributed by atoms with Gasteiger partial charge in [0.1, 0.15) is 5.78 Å². The first-order valence-electron chi connectivity index (χ1n) is 10.5. The number of aromatic nitrogens is 4. The van der Waals surface area contributed by atoms with Crippen LogP contribution in [-0.4, -0.2) is 50.1 Å². The number of hydrogen-bond acceptors (Lipinski definition) is 5. The lowest BCUT2D eigenvalue weighted by Crippen LogP contribution is -2.40. The Hall–Kier alpha value is -2.60. The maximum absolute atomic E-state index is 12.9. The number of ketones is 1. The molecule has 3 aromatic heterocycles. The van der Waals surface area contributed by atoms with Crippen LogP contribution in [0.5, 0.6) is 0 Å². The number of aryl methyl sites for hydroxylation is 1. The van der Waals surface area contributed by atoms with Crippen LogP contribution in [0.4, 0.5) is 0 Å². The van der Waals surface area contributed by atoms with Crippen LogP contribution in [-0.2, 0) is 18.3 Å². The maximum Gasteiger partial charge on any atom is 0.143 e. The van der Waals surface area contributed by atoms with Crippen molar-refractivity contribution in [2.75, 3.05) is 19.6 Å². The van der Waals surface area contributed by atoms with Gasteiger partial charge in [0, 0.05) is 61.5 Å². The number of hydrogen-bond donors (Lipinski definition) is 0. The molecule has 0 N–H and O–H groups in total. The zero-order valence-electron chi connectivity index (χ0n) is 17.5. The molecular formula is C23H29N5O. The van der Waals surface area contributed by atoms with E-state index in [1.54, 1.807) is 4.68 Å². The Morgan fingerprint density at radius 3 is 2.90 bits per heavy atom. The summed E-state index contributed by atoms with van der Waals surface area (Å²) in [7, 11) is 1.89. The minimum Gasteiger partial charge on any atom is -0.302 e. The molecule has 1 saturated heterocycles. The first-order valence-corrected chi connectivity index (χ1v) is 10.5. The minimum absolute atomic E-state index is 0.120. The molecule has 1 aliphatic rings. The maximum atomic E-state index is 12.9. The Balaban J connectivity index is 1.49. The Bertz CT molecular complexity index is 1010. The van der Waals surface area contributed by atoms with Crippen molar-refractivity contribution in [3.8, 4) is 11.3 Å². The van der Waals surface area contributed by atoms with E-state index in [9.17, 15) is 4.79 Å². The number of Topliss-reactive ketones (excluding diaryl/α,β-unsaturated/α-hetero) is 1. The molecule has 0 aromatic carbocycles. The molecule has 1 atom stereocenters. The van der Waals surface area contributed by atoms with Gasteiger partial charge in [-0.05, 0) is 43.5 Å². The van der Waals surface area contributed by atoms with Crippen LogP contribution in [0.25, 0.3) is 22.2 Å². The van der Waals surface area contributed by atoms with E-state index in [0.717, 1.165) is 60.3 Å². The summed E-state index contributed by atoms with van der Waals surface area (Å²) < 4.78 is 1.77. The average molecular weight is 392 g/mol. The van der Waals surface area contributed by atoms with Crippen LogP contribution in [0, 0.1) is 11.8 Å². The van der Waals surface area contributed by atoms with Gasteiger partial charge in [-0.1, -0.05) is 13.8 Å². The summed E-state index contributed by atoms with van der Waals surface area (Å²) in [5, 5.41) is 5.20. The monoisotopic (exact) mass is 391 g/mol. The van der Waals surface area contributed by atoms with E-state index in [4.69, 9.17) is 4.98 Å². The van der Waals surface area contributed by atoms with E-state index >= 15 is 0 Å². The number of nitrogens with zero attached hydrogens (tertiary/aromatic N) is 5. The van der Waals surface area contributed by atoms with Gasteiger partial charge in [-0.2, -0.15) is 5.10 Å². The summed E-state index contributed by atoms with van der Waals surface area (Å²) in [6, 6.07) is 5.97. The van der Waals surface area contributed by atoms with Gasteiger partial charge in [0.05, 0.1) is 17.4 Å². The van der Waals surface area contributed by atoms with E-state index < -0.39 is 0 Å². The molecule has 0 aliphatic carbocycles. The minimum atomic E-state index is 0.120. The number of piperidine rings is 1. The van der Waals surface area contributed by atoms with E-state index in [0.29, 0.717) is 18.1 Å². The van der Waals surface area contributed by atoms with Crippen molar-refractivity contribution in [3.05, 3.63) is 42.5 Å². The zero-order chi connectivity index (χ0) is 20.4. The largest absolute Gasteiger partial charge is 0.302 e. The topological polar surface area (TPSA) is 63.9 Å². The lowest BCUT2D eigenvalue weighted by molar-refractivity contribution is -0.124. The summed E-state index contributed by atoms with van der Waals surface area (Å²) in [4.78, 5) is 24.7. The molecule has 4 heterocycles. The van der Waals surface area contributed by atoms with Crippen molar-refractivity contribution in [2.24, 2.45) is 18.9 Å². The van der Waals surface area contributed by atoms with Crippen molar-refractivity contribution >= 4 is 16.7 Å². The molecule has 152 valence electrons. The molecule has 0 bridgehead atoms. The van der Waals surface area contributed by atoms with Crippen molar-refractivity contribution in [2.45, 2.75) is 33.1 Å². The Labute approximate surface area is 172 Å². The van der Waals surface area contributed by atoms with E-state index in [1.807, 2.05) is 43.8 Å². The highest BCUT2D eigenvalue weighted by molar-refractivity contribution is 5.85. The summed E-state index contributed by atoms with van der Waals surface area (Å²) in [5.74, 6) is 1.05. The summed E-state index contributed by atoms with van der Waals surface area (Å²) in [5.41, 5.74) is 3.54. The van der Waals surface area contributed by atoms with E-state index in [1.165, 1.54) is 0 Å². The number of carbonyl (C=O) groups is 1. The number of likely N-dealkylation sites (tertiary alicyclic amines) is 1. The highest BCUT2D eigenvalue weighted by Gasteiger charge is 2.26. The normalized spacial score (nSPS) is 17.9. The highest BCUT2D eigenvalue weighted by atomic mass is 16.1. The Kier molecular flexibility index (Phi) is 5.72. The van der Waals surface area contributed by atoms with Crippen molar-refractivity contribution in [1.29, 1.82) is 0 Å². The SMILES string of the molecule is CC(C)CN1CCC[C@H](C(=O)Cc2cc3nc(-c4cnn(C)c4)ccc3cn2)C1. The van der Waals surface area contributed by atoms with Crippen LogP contribution in [0.1, 0.15) is 32.4 Å². The molecule has 0 saturated carbocycles. The van der Waals surface area contributed by atoms with Gasteiger partial charge in [0.2, 0.25) is 0 Å². The molecular weight excluding hydrogens is 362 g/mol.